The second-order valence-corrected chi connectivity index (χ2v) is 2.43. The fraction of sp³-hybridized carbons (Fsp3) is 0.857. The van der Waals surface area contributed by atoms with Gasteiger partial charge in [0.15, 0.2) is 5.90 Å². The van der Waals surface area contributed by atoms with Crippen LogP contribution in [-0.4, -0.2) is 38.7 Å². The minimum atomic E-state index is -2.47. The number of aliphatic imine (C=N–C) groups is 1. The summed E-state index contributed by atoms with van der Waals surface area (Å²) in [6.07, 6.45) is -3.07. The zero-order valence-corrected chi connectivity index (χ0v) is 6.80. The molecule has 0 fully saturated rings. The SMILES string of the molecule is COC1=NC[C@@H](C(F)F)OCC1. The average Bonchev–Trinajstić information content (AvgIpc) is 2.28. The maximum absolute atomic E-state index is 12.1. The second kappa shape index (κ2) is 4.35. The summed E-state index contributed by atoms with van der Waals surface area (Å²) in [6, 6.07) is 0. The highest BCUT2D eigenvalue weighted by Gasteiger charge is 2.23. The Morgan fingerprint density at radius 1 is 1.67 bits per heavy atom. The minimum absolute atomic E-state index is 0.0131. The van der Waals surface area contributed by atoms with E-state index in [1.807, 2.05) is 0 Å². The van der Waals surface area contributed by atoms with Crippen LogP contribution < -0.4 is 0 Å². The van der Waals surface area contributed by atoms with Gasteiger partial charge in [0, 0.05) is 6.42 Å². The number of rotatable bonds is 1. The molecule has 0 N–H and O–H groups in total. The van der Waals surface area contributed by atoms with E-state index in [0.717, 1.165) is 0 Å². The number of nitrogens with zero attached hydrogens (tertiary/aromatic N) is 1. The topological polar surface area (TPSA) is 30.8 Å². The van der Waals surface area contributed by atoms with Crippen LogP contribution in [0, 0.1) is 0 Å². The van der Waals surface area contributed by atoms with Gasteiger partial charge in [-0.05, 0) is 0 Å². The molecule has 0 saturated heterocycles. The van der Waals surface area contributed by atoms with Crippen LogP contribution in [0.25, 0.3) is 0 Å². The van der Waals surface area contributed by atoms with Crippen LogP contribution in [-0.2, 0) is 9.47 Å². The van der Waals surface area contributed by atoms with Gasteiger partial charge in [-0.15, -0.1) is 0 Å². The van der Waals surface area contributed by atoms with E-state index in [2.05, 4.69) is 4.99 Å². The highest BCUT2D eigenvalue weighted by molar-refractivity contribution is 5.76. The molecule has 0 saturated carbocycles. The van der Waals surface area contributed by atoms with Crippen molar-refractivity contribution in [1.82, 2.24) is 0 Å². The molecule has 5 heteroatoms. The van der Waals surface area contributed by atoms with E-state index in [0.29, 0.717) is 12.3 Å². The van der Waals surface area contributed by atoms with Crippen LogP contribution >= 0.6 is 0 Å². The Balaban J connectivity index is 2.48. The molecule has 3 nitrogen and oxygen atoms in total. The van der Waals surface area contributed by atoms with Crippen molar-refractivity contribution in [3.05, 3.63) is 0 Å². The number of alkyl halides is 2. The molecular weight excluding hydrogens is 168 g/mol. The Morgan fingerprint density at radius 2 is 2.42 bits per heavy atom. The first kappa shape index (κ1) is 9.38. The van der Waals surface area contributed by atoms with Crippen molar-refractivity contribution in [2.75, 3.05) is 20.3 Å². The maximum Gasteiger partial charge on any atom is 0.266 e. The smallest absolute Gasteiger partial charge is 0.266 e. The van der Waals surface area contributed by atoms with E-state index in [1.54, 1.807) is 0 Å². The second-order valence-electron chi connectivity index (χ2n) is 2.43. The molecule has 1 heterocycles. The summed E-state index contributed by atoms with van der Waals surface area (Å²) in [6.45, 7) is 0.239. The van der Waals surface area contributed by atoms with Gasteiger partial charge in [-0.3, -0.25) is 4.99 Å². The summed E-state index contributed by atoms with van der Waals surface area (Å²) in [5.74, 6) is 0.484. The van der Waals surface area contributed by atoms with Crippen LogP contribution in [0.1, 0.15) is 6.42 Å². The van der Waals surface area contributed by atoms with Crippen molar-refractivity contribution in [1.29, 1.82) is 0 Å². The number of hydrogen-bond acceptors (Lipinski definition) is 3. The predicted octanol–water partition coefficient (Wildman–Crippen LogP) is 1.09. The summed E-state index contributed by atoms with van der Waals surface area (Å²) in [5, 5.41) is 0. The van der Waals surface area contributed by atoms with Gasteiger partial charge in [0.1, 0.15) is 6.10 Å². The average molecular weight is 179 g/mol. The molecule has 1 aliphatic heterocycles. The largest absolute Gasteiger partial charge is 0.484 e. The van der Waals surface area contributed by atoms with Crippen LogP contribution in [0.5, 0.6) is 0 Å². The minimum Gasteiger partial charge on any atom is -0.484 e. The van der Waals surface area contributed by atoms with Crippen LogP contribution in [0.4, 0.5) is 8.78 Å². The fourth-order valence-corrected chi connectivity index (χ4v) is 0.940. The third-order valence-corrected chi connectivity index (χ3v) is 1.61. The molecule has 0 aromatic rings. The number of methoxy groups -OCH3 is 1. The highest BCUT2D eigenvalue weighted by Crippen LogP contribution is 2.10. The van der Waals surface area contributed by atoms with Crippen molar-refractivity contribution < 1.29 is 18.3 Å². The van der Waals surface area contributed by atoms with Gasteiger partial charge < -0.3 is 9.47 Å². The molecular formula is C7H11F2NO2. The predicted molar refractivity (Wildman–Crippen MR) is 39.7 cm³/mol. The molecule has 1 atom stereocenters. The number of halogens is 2. The first-order valence-electron chi connectivity index (χ1n) is 3.71. The Morgan fingerprint density at radius 3 is 3.00 bits per heavy atom. The molecule has 0 aromatic carbocycles. The van der Waals surface area contributed by atoms with E-state index in [4.69, 9.17) is 9.47 Å². The molecule has 0 radical (unpaired) electrons. The number of ether oxygens (including phenoxy) is 2. The zero-order chi connectivity index (χ0) is 8.97. The summed E-state index contributed by atoms with van der Waals surface area (Å²) in [5.41, 5.74) is 0. The van der Waals surface area contributed by atoms with Gasteiger partial charge in [-0.1, -0.05) is 0 Å². The van der Waals surface area contributed by atoms with Gasteiger partial charge in [0.2, 0.25) is 0 Å². The molecule has 0 unspecified atom stereocenters. The summed E-state index contributed by atoms with van der Waals surface area (Å²) in [7, 11) is 1.47. The van der Waals surface area contributed by atoms with Crippen LogP contribution in [0.15, 0.2) is 4.99 Å². The van der Waals surface area contributed by atoms with Crippen LogP contribution in [0.2, 0.25) is 0 Å². The van der Waals surface area contributed by atoms with E-state index >= 15 is 0 Å². The Bertz CT molecular complexity index is 173. The summed E-state index contributed by atoms with van der Waals surface area (Å²) >= 11 is 0. The van der Waals surface area contributed by atoms with E-state index < -0.39 is 12.5 Å². The van der Waals surface area contributed by atoms with Crippen molar-refractivity contribution in [2.24, 2.45) is 4.99 Å². The van der Waals surface area contributed by atoms with Gasteiger partial charge in [-0.2, -0.15) is 0 Å². The molecule has 0 aromatic heterocycles. The van der Waals surface area contributed by atoms with E-state index in [1.165, 1.54) is 7.11 Å². The quantitative estimate of drug-likeness (QED) is 0.603. The number of hydrogen-bond donors (Lipinski definition) is 0. The third kappa shape index (κ3) is 2.41. The maximum atomic E-state index is 12.1. The third-order valence-electron chi connectivity index (χ3n) is 1.61. The Kier molecular flexibility index (Phi) is 3.40. The highest BCUT2D eigenvalue weighted by atomic mass is 19.3. The Labute approximate surface area is 69.4 Å². The lowest BCUT2D eigenvalue weighted by Gasteiger charge is -2.10. The molecule has 0 bridgehead atoms. The lowest BCUT2D eigenvalue weighted by Crippen LogP contribution is -2.24. The standard InChI is InChI=1S/C7H11F2NO2/c1-11-6-2-3-12-5(4-10-6)7(8)9/h5,7H,2-4H2,1H3/t5-/m0/s1. The molecule has 0 aliphatic carbocycles. The van der Waals surface area contributed by atoms with Gasteiger partial charge in [0.05, 0.1) is 20.3 Å². The van der Waals surface area contributed by atoms with Gasteiger partial charge >= 0.3 is 0 Å². The zero-order valence-electron chi connectivity index (χ0n) is 6.80. The van der Waals surface area contributed by atoms with Gasteiger partial charge in [0.25, 0.3) is 6.43 Å². The molecule has 1 aliphatic rings. The van der Waals surface area contributed by atoms with E-state index in [9.17, 15) is 8.78 Å². The molecule has 0 amide bonds. The molecule has 12 heavy (non-hydrogen) atoms. The molecule has 0 spiro atoms. The normalized spacial score (nSPS) is 25.0. The lowest BCUT2D eigenvalue weighted by atomic mass is 10.4. The molecule has 1 rings (SSSR count). The van der Waals surface area contributed by atoms with Gasteiger partial charge in [-0.25, -0.2) is 8.78 Å². The lowest BCUT2D eigenvalue weighted by molar-refractivity contribution is -0.0451. The Hall–Kier alpha value is -0.710. The van der Waals surface area contributed by atoms with Crippen molar-refractivity contribution >= 4 is 5.90 Å². The first-order chi connectivity index (χ1) is 5.74. The van der Waals surface area contributed by atoms with Crippen LogP contribution in [0.3, 0.4) is 0 Å². The molecule has 70 valence electrons. The first-order valence-corrected chi connectivity index (χ1v) is 3.71. The summed E-state index contributed by atoms with van der Waals surface area (Å²) < 4.78 is 33.9. The fourth-order valence-electron chi connectivity index (χ4n) is 0.940. The van der Waals surface area contributed by atoms with Crippen molar-refractivity contribution in [2.45, 2.75) is 19.0 Å². The monoisotopic (exact) mass is 179 g/mol. The van der Waals surface area contributed by atoms with Crippen molar-refractivity contribution in [3.63, 3.8) is 0 Å². The van der Waals surface area contributed by atoms with Crippen molar-refractivity contribution in [3.8, 4) is 0 Å². The van der Waals surface area contributed by atoms with E-state index in [-0.39, 0.29) is 13.2 Å². The summed E-state index contributed by atoms with van der Waals surface area (Å²) in [4.78, 5) is 3.83.